The molecule has 1 unspecified atom stereocenters. The molecular formula is C17H19Cl2NO2. The molecule has 1 N–H and O–H groups in total. The van der Waals surface area contributed by atoms with E-state index in [0.29, 0.717) is 16.6 Å². The number of aliphatic hydroxyl groups excluding tert-OH is 1. The number of ether oxygens (including phenoxy) is 1. The van der Waals surface area contributed by atoms with Crippen LogP contribution in [0.15, 0.2) is 42.5 Å². The zero-order valence-electron chi connectivity index (χ0n) is 12.6. The Kier molecular flexibility index (Phi) is 6.09. The van der Waals surface area contributed by atoms with E-state index >= 15 is 0 Å². The predicted octanol–water partition coefficient (Wildman–Crippen LogP) is 4.17. The second kappa shape index (κ2) is 7.84. The van der Waals surface area contributed by atoms with E-state index in [-0.39, 0.29) is 12.6 Å². The molecule has 0 aromatic heterocycles. The fraction of sp³-hybridized carbons (Fsp3) is 0.294. The van der Waals surface area contributed by atoms with Crippen LogP contribution in [0.2, 0.25) is 10.0 Å². The molecule has 0 amide bonds. The van der Waals surface area contributed by atoms with Crippen LogP contribution in [0.1, 0.15) is 17.2 Å². The van der Waals surface area contributed by atoms with Crippen LogP contribution >= 0.6 is 23.2 Å². The molecule has 0 bridgehead atoms. The summed E-state index contributed by atoms with van der Waals surface area (Å²) in [5.74, 6) is 0.820. The summed E-state index contributed by atoms with van der Waals surface area (Å²) in [6.45, 7) is 0.682. The molecule has 0 aliphatic heterocycles. The van der Waals surface area contributed by atoms with E-state index in [1.54, 1.807) is 19.2 Å². The van der Waals surface area contributed by atoms with E-state index in [0.717, 1.165) is 16.9 Å². The zero-order chi connectivity index (χ0) is 16.1. The van der Waals surface area contributed by atoms with Gasteiger partial charge < -0.3 is 9.84 Å². The van der Waals surface area contributed by atoms with E-state index in [2.05, 4.69) is 4.90 Å². The summed E-state index contributed by atoms with van der Waals surface area (Å²) in [5, 5.41) is 10.8. The van der Waals surface area contributed by atoms with Crippen molar-refractivity contribution >= 4 is 23.2 Å². The van der Waals surface area contributed by atoms with Crippen molar-refractivity contribution < 1.29 is 9.84 Å². The Morgan fingerprint density at radius 1 is 1.14 bits per heavy atom. The quantitative estimate of drug-likeness (QED) is 0.857. The standard InChI is InChI=1S/C17H19Cl2NO2/c1-20(10-12-4-3-5-14(8-12)22-2)17(11-21)13-6-7-15(18)16(19)9-13/h3-9,17,21H,10-11H2,1-2H3. The molecule has 0 aliphatic carbocycles. The van der Waals surface area contributed by atoms with E-state index < -0.39 is 0 Å². The van der Waals surface area contributed by atoms with Gasteiger partial charge in [0.1, 0.15) is 5.75 Å². The fourth-order valence-corrected chi connectivity index (χ4v) is 2.69. The van der Waals surface area contributed by atoms with Crippen molar-refractivity contribution in [1.82, 2.24) is 4.90 Å². The first-order valence-corrected chi connectivity index (χ1v) is 7.69. The summed E-state index contributed by atoms with van der Waals surface area (Å²) in [7, 11) is 3.61. The number of aliphatic hydroxyl groups is 1. The molecule has 1 atom stereocenters. The fourth-order valence-electron chi connectivity index (χ4n) is 2.39. The maximum absolute atomic E-state index is 9.75. The Labute approximate surface area is 141 Å². The second-order valence-corrected chi connectivity index (χ2v) is 5.95. The first kappa shape index (κ1) is 17.1. The summed E-state index contributed by atoms with van der Waals surface area (Å²) in [4.78, 5) is 2.06. The maximum Gasteiger partial charge on any atom is 0.119 e. The van der Waals surface area contributed by atoms with Crippen LogP contribution in [0, 0.1) is 0 Å². The third-order valence-electron chi connectivity index (χ3n) is 3.60. The highest BCUT2D eigenvalue weighted by molar-refractivity contribution is 6.42. The highest BCUT2D eigenvalue weighted by Crippen LogP contribution is 2.28. The number of hydrogen-bond donors (Lipinski definition) is 1. The minimum absolute atomic E-state index is 0.00156. The van der Waals surface area contributed by atoms with E-state index in [1.807, 2.05) is 37.4 Å². The summed E-state index contributed by atoms with van der Waals surface area (Å²) in [6.07, 6.45) is 0. The zero-order valence-corrected chi connectivity index (χ0v) is 14.1. The van der Waals surface area contributed by atoms with Crippen molar-refractivity contribution in [2.45, 2.75) is 12.6 Å². The van der Waals surface area contributed by atoms with Gasteiger partial charge in [-0.25, -0.2) is 0 Å². The van der Waals surface area contributed by atoms with Crippen LogP contribution in [0.5, 0.6) is 5.75 Å². The molecular weight excluding hydrogens is 321 g/mol. The van der Waals surface area contributed by atoms with Gasteiger partial charge >= 0.3 is 0 Å². The average Bonchev–Trinajstić information content (AvgIpc) is 2.51. The van der Waals surface area contributed by atoms with E-state index in [4.69, 9.17) is 27.9 Å². The minimum atomic E-state index is -0.152. The lowest BCUT2D eigenvalue weighted by Crippen LogP contribution is -2.27. The number of hydrogen-bond acceptors (Lipinski definition) is 3. The lowest BCUT2D eigenvalue weighted by Gasteiger charge is -2.27. The maximum atomic E-state index is 9.75. The van der Waals surface area contributed by atoms with Crippen molar-refractivity contribution in [2.75, 3.05) is 20.8 Å². The van der Waals surface area contributed by atoms with Crippen molar-refractivity contribution in [3.05, 3.63) is 63.6 Å². The molecule has 0 saturated heterocycles. The summed E-state index contributed by atoms with van der Waals surface area (Å²) < 4.78 is 5.24. The SMILES string of the molecule is COc1cccc(CN(C)C(CO)c2ccc(Cl)c(Cl)c2)c1. The van der Waals surface area contributed by atoms with Gasteiger partial charge in [-0.1, -0.05) is 41.4 Å². The smallest absolute Gasteiger partial charge is 0.119 e. The Morgan fingerprint density at radius 2 is 1.91 bits per heavy atom. The third kappa shape index (κ3) is 4.14. The van der Waals surface area contributed by atoms with Crippen LogP contribution in [0.25, 0.3) is 0 Å². The largest absolute Gasteiger partial charge is 0.497 e. The van der Waals surface area contributed by atoms with Crippen molar-refractivity contribution in [2.24, 2.45) is 0 Å². The van der Waals surface area contributed by atoms with Gasteiger partial charge in [-0.3, -0.25) is 4.90 Å². The molecule has 0 fully saturated rings. The number of rotatable bonds is 6. The lowest BCUT2D eigenvalue weighted by molar-refractivity contribution is 0.142. The molecule has 3 nitrogen and oxygen atoms in total. The first-order chi connectivity index (χ1) is 10.5. The van der Waals surface area contributed by atoms with Gasteiger partial charge in [0.25, 0.3) is 0 Å². The topological polar surface area (TPSA) is 32.7 Å². The van der Waals surface area contributed by atoms with Gasteiger partial charge in [0, 0.05) is 6.54 Å². The highest BCUT2D eigenvalue weighted by Gasteiger charge is 2.17. The molecule has 2 rings (SSSR count). The van der Waals surface area contributed by atoms with Crippen molar-refractivity contribution in [3.63, 3.8) is 0 Å². The summed E-state index contributed by atoms with van der Waals surface area (Å²) in [6, 6.07) is 13.2. The summed E-state index contributed by atoms with van der Waals surface area (Å²) in [5.41, 5.74) is 2.04. The van der Waals surface area contributed by atoms with Crippen molar-refractivity contribution in [3.8, 4) is 5.75 Å². The number of methoxy groups -OCH3 is 1. The molecule has 0 saturated carbocycles. The van der Waals surface area contributed by atoms with Gasteiger partial charge in [0.15, 0.2) is 0 Å². The predicted molar refractivity (Wildman–Crippen MR) is 90.7 cm³/mol. The van der Waals surface area contributed by atoms with Gasteiger partial charge in [-0.2, -0.15) is 0 Å². The normalized spacial score (nSPS) is 12.5. The molecule has 2 aromatic rings. The number of nitrogens with zero attached hydrogens (tertiary/aromatic N) is 1. The van der Waals surface area contributed by atoms with Gasteiger partial charge in [0.2, 0.25) is 0 Å². The Balaban J connectivity index is 2.17. The van der Waals surface area contributed by atoms with Gasteiger partial charge in [-0.15, -0.1) is 0 Å². The van der Waals surface area contributed by atoms with E-state index in [1.165, 1.54) is 0 Å². The monoisotopic (exact) mass is 339 g/mol. The van der Waals surface area contributed by atoms with Gasteiger partial charge in [-0.05, 0) is 42.4 Å². The van der Waals surface area contributed by atoms with Crippen LogP contribution in [0.4, 0.5) is 0 Å². The third-order valence-corrected chi connectivity index (χ3v) is 4.34. The number of likely N-dealkylation sites (N-methyl/N-ethyl adjacent to an activating group) is 1. The molecule has 0 spiro atoms. The second-order valence-electron chi connectivity index (χ2n) is 5.14. The minimum Gasteiger partial charge on any atom is -0.497 e. The molecule has 118 valence electrons. The molecule has 2 aromatic carbocycles. The van der Waals surface area contributed by atoms with Crippen LogP contribution in [0.3, 0.4) is 0 Å². The molecule has 22 heavy (non-hydrogen) atoms. The van der Waals surface area contributed by atoms with Gasteiger partial charge in [0.05, 0.1) is 29.8 Å². The van der Waals surface area contributed by atoms with E-state index in [9.17, 15) is 5.11 Å². The van der Waals surface area contributed by atoms with Crippen molar-refractivity contribution in [1.29, 1.82) is 0 Å². The molecule has 0 radical (unpaired) electrons. The molecule has 0 aliphatic rings. The van der Waals surface area contributed by atoms with Crippen LogP contribution < -0.4 is 4.74 Å². The Bertz CT molecular complexity index is 634. The lowest BCUT2D eigenvalue weighted by atomic mass is 10.1. The highest BCUT2D eigenvalue weighted by atomic mass is 35.5. The molecule has 5 heteroatoms. The average molecular weight is 340 g/mol. The summed E-state index contributed by atoms with van der Waals surface area (Å²) >= 11 is 12.0. The van der Waals surface area contributed by atoms with Crippen LogP contribution in [-0.2, 0) is 6.54 Å². The number of benzene rings is 2. The first-order valence-electron chi connectivity index (χ1n) is 6.94. The molecule has 0 heterocycles. The number of halogens is 2. The Morgan fingerprint density at radius 3 is 2.55 bits per heavy atom. The Hall–Kier alpha value is -1.26. The van der Waals surface area contributed by atoms with Crippen LogP contribution in [-0.4, -0.2) is 30.8 Å².